The Morgan fingerprint density at radius 1 is 1.15 bits per heavy atom. The fourth-order valence-electron chi connectivity index (χ4n) is 4.90. The van der Waals surface area contributed by atoms with Gasteiger partial charge in [0.15, 0.2) is 11.5 Å². The molecule has 3 heterocycles. The lowest BCUT2D eigenvalue weighted by Crippen LogP contribution is -2.51. The van der Waals surface area contributed by atoms with Gasteiger partial charge in [0.25, 0.3) is 5.91 Å². The number of nitrogens with two attached hydrogens (primary N) is 1. The molecule has 2 atom stereocenters. The number of hydrogen-bond donors (Lipinski definition) is 1. The van der Waals surface area contributed by atoms with Gasteiger partial charge in [0.1, 0.15) is 17.1 Å². The Balaban J connectivity index is 1.62. The predicted molar refractivity (Wildman–Crippen MR) is 126 cm³/mol. The lowest BCUT2D eigenvalue weighted by molar-refractivity contribution is -0.133. The minimum Gasteiger partial charge on any atom is -0.497 e. The van der Waals surface area contributed by atoms with E-state index < -0.39 is 11.1 Å². The number of guanidine groups is 1. The van der Waals surface area contributed by atoms with Crippen molar-refractivity contribution in [2.45, 2.75) is 30.9 Å². The molecule has 3 aromatic rings. The van der Waals surface area contributed by atoms with Crippen LogP contribution in [-0.2, 0) is 16.8 Å². The predicted octanol–water partition coefficient (Wildman–Crippen LogP) is 3.52. The van der Waals surface area contributed by atoms with Gasteiger partial charge in [-0.2, -0.15) is 0 Å². The van der Waals surface area contributed by atoms with Crippen LogP contribution in [0.2, 0.25) is 0 Å². The fourth-order valence-corrected chi connectivity index (χ4v) is 4.90. The number of nitrogens with zero attached hydrogens (tertiary/aromatic N) is 3. The van der Waals surface area contributed by atoms with Crippen molar-refractivity contribution in [3.63, 3.8) is 0 Å². The van der Waals surface area contributed by atoms with Gasteiger partial charge in [0.05, 0.1) is 7.11 Å². The van der Waals surface area contributed by atoms with Gasteiger partial charge in [-0.25, -0.2) is 4.99 Å². The van der Waals surface area contributed by atoms with Crippen LogP contribution in [0.3, 0.4) is 0 Å². The maximum atomic E-state index is 13.6. The number of carbonyl (C=O) groups excluding carboxylic acids is 1. The normalized spacial score (nSPS) is 23.8. The van der Waals surface area contributed by atoms with Crippen molar-refractivity contribution in [2.24, 2.45) is 10.7 Å². The summed E-state index contributed by atoms with van der Waals surface area (Å²) in [5.41, 5.74) is 8.00. The summed E-state index contributed by atoms with van der Waals surface area (Å²) in [5.74, 6) is 1.48. The molecule has 1 aromatic heterocycles. The third kappa shape index (κ3) is 3.50. The number of pyridine rings is 1. The number of likely N-dealkylation sites (N-methyl/N-ethyl adjacent to an activating group) is 1. The monoisotopic (exact) mass is 442 g/mol. The van der Waals surface area contributed by atoms with E-state index in [-0.39, 0.29) is 11.9 Å². The minimum absolute atomic E-state index is 0.148. The summed E-state index contributed by atoms with van der Waals surface area (Å²) in [6.45, 7) is 2.02. The molecule has 0 fully saturated rings. The van der Waals surface area contributed by atoms with Crippen LogP contribution in [0.15, 0.2) is 72.0 Å². The fraction of sp³-hybridized carbons (Fsp3) is 0.269. The zero-order valence-electron chi connectivity index (χ0n) is 18.9. The summed E-state index contributed by atoms with van der Waals surface area (Å²) >= 11 is 0. The molecule has 0 saturated heterocycles. The van der Waals surface area contributed by atoms with Gasteiger partial charge >= 0.3 is 0 Å². The first-order valence-corrected chi connectivity index (χ1v) is 10.8. The largest absolute Gasteiger partial charge is 0.497 e. The summed E-state index contributed by atoms with van der Waals surface area (Å²) in [5, 5.41) is 0. The van der Waals surface area contributed by atoms with E-state index >= 15 is 0 Å². The van der Waals surface area contributed by atoms with Crippen LogP contribution in [0.1, 0.15) is 24.5 Å². The Morgan fingerprint density at radius 2 is 2.00 bits per heavy atom. The second-order valence-electron chi connectivity index (χ2n) is 8.90. The molecule has 33 heavy (non-hydrogen) atoms. The number of benzene rings is 2. The maximum absolute atomic E-state index is 13.6. The molecule has 168 valence electrons. The minimum atomic E-state index is -1.14. The van der Waals surface area contributed by atoms with Gasteiger partial charge in [0, 0.05) is 43.4 Å². The zero-order chi connectivity index (χ0) is 23.2. The van der Waals surface area contributed by atoms with E-state index in [2.05, 4.69) is 4.98 Å². The Kier molecular flexibility index (Phi) is 4.85. The second-order valence-corrected chi connectivity index (χ2v) is 8.90. The summed E-state index contributed by atoms with van der Waals surface area (Å²) in [7, 11) is 3.31. The van der Waals surface area contributed by atoms with E-state index in [4.69, 9.17) is 20.2 Å². The quantitative estimate of drug-likeness (QED) is 0.668. The molecule has 2 N–H and O–H groups in total. The number of aromatic nitrogens is 1. The molecule has 5 rings (SSSR count). The first-order valence-electron chi connectivity index (χ1n) is 10.8. The van der Waals surface area contributed by atoms with Crippen LogP contribution in [-0.4, -0.2) is 41.5 Å². The molecule has 7 nitrogen and oxygen atoms in total. The first-order chi connectivity index (χ1) is 15.8. The van der Waals surface area contributed by atoms with E-state index in [1.54, 1.807) is 26.6 Å². The van der Waals surface area contributed by atoms with Gasteiger partial charge in [-0.1, -0.05) is 24.3 Å². The molecule has 1 spiro atoms. The molecule has 2 aliphatic heterocycles. The number of fused-ring (bicyclic) bond motifs is 2. The second kappa shape index (κ2) is 7.62. The highest BCUT2D eigenvalue weighted by molar-refractivity contribution is 6.07. The van der Waals surface area contributed by atoms with E-state index in [0.29, 0.717) is 18.6 Å². The highest BCUT2D eigenvalue weighted by atomic mass is 16.5. The number of rotatable bonds is 4. The molecule has 1 amide bonds. The van der Waals surface area contributed by atoms with Crippen LogP contribution in [0, 0.1) is 0 Å². The molecular formula is C26H26N4O3. The first kappa shape index (κ1) is 21.0. The molecule has 0 saturated carbocycles. The molecule has 7 heteroatoms. The van der Waals surface area contributed by atoms with Crippen molar-refractivity contribution in [1.82, 2.24) is 9.88 Å². The van der Waals surface area contributed by atoms with E-state index in [9.17, 15) is 4.79 Å². The Labute approximate surface area is 192 Å². The average Bonchev–Trinajstić information content (AvgIpc) is 3.03. The number of methoxy groups -OCH3 is 1. The molecule has 0 aliphatic carbocycles. The van der Waals surface area contributed by atoms with Gasteiger partial charge in [-0.3, -0.25) is 14.7 Å². The van der Waals surface area contributed by atoms with Crippen LogP contribution in [0.5, 0.6) is 11.5 Å². The van der Waals surface area contributed by atoms with Crippen LogP contribution >= 0.6 is 0 Å². The van der Waals surface area contributed by atoms with Crippen molar-refractivity contribution in [2.75, 3.05) is 14.2 Å². The zero-order valence-corrected chi connectivity index (χ0v) is 18.9. The summed E-state index contributed by atoms with van der Waals surface area (Å²) in [6.07, 6.45) is 4.48. The highest BCUT2D eigenvalue weighted by Crippen LogP contribution is 2.50. The van der Waals surface area contributed by atoms with E-state index in [0.717, 1.165) is 28.0 Å². The van der Waals surface area contributed by atoms with Gasteiger partial charge in [-0.05, 0) is 48.4 Å². The van der Waals surface area contributed by atoms with Gasteiger partial charge in [0.2, 0.25) is 0 Å². The van der Waals surface area contributed by atoms with Crippen LogP contribution < -0.4 is 15.2 Å². The third-order valence-corrected chi connectivity index (χ3v) is 6.43. The van der Waals surface area contributed by atoms with Crippen molar-refractivity contribution in [3.8, 4) is 22.6 Å². The van der Waals surface area contributed by atoms with Crippen molar-refractivity contribution in [3.05, 3.63) is 78.1 Å². The van der Waals surface area contributed by atoms with Gasteiger partial charge in [-0.15, -0.1) is 0 Å². The number of carbonyl (C=O) groups is 1. The number of ether oxygens (including phenoxy) is 2. The van der Waals surface area contributed by atoms with Crippen molar-refractivity contribution < 1.29 is 14.3 Å². The standard InChI is InChI=1S/C26H26N4O3/c1-25(14-17-6-4-8-20(12-17)32-3)16-26(23(31)30(2)24(27)29-26)21-13-18(9-10-22(21)33-25)19-7-5-11-28-15-19/h4-13,15H,14,16H2,1-3H3,(H2,27,29)/t25-,26?/m1/s1. The third-order valence-electron chi connectivity index (χ3n) is 6.43. The van der Waals surface area contributed by atoms with Crippen molar-refractivity contribution in [1.29, 1.82) is 0 Å². The van der Waals surface area contributed by atoms with Crippen LogP contribution in [0.4, 0.5) is 0 Å². The van der Waals surface area contributed by atoms with E-state index in [1.807, 2.05) is 61.5 Å². The lowest BCUT2D eigenvalue weighted by Gasteiger charge is -2.43. The van der Waals surface area contributed by atoms with E-state index in [1.165, 1.54) is 4.90 Å². The molecule has 2 aliphatic rings. The topological polar surface area (TPSA) is 90.0 Å². The Morgan fingerprint density at radius 3 is 2.70 bits per heavy atom. The van der Waals surface area contributed by atoms with Crippen molar-refractivity contribution >= 4 is 11.9 Å². The Bertz CT molecular complexity index is 1260. The summed E-state index contributed by atoms with van der Waals surface area (Å²) in [4.78, 5) is 24.0. The molecule has 0 bridgehead atoms. The number of hydrogen-bond acceptors (Lipinski definition) is 6. The average molecular weight is 443 g/mol. The summed E-state index contributed by atoms with van der Waals surface area (Å²) < 4.78 is 11.9. The number of aliphatic imine (C=N–C) groups is 1. The van der Waals surface area contributed by atoms with Crippen LogP contribution in [0.25, 0.3) is 11.1 Å². The Hall–Kier alpha value is -3.87. The number of amides is 1. The smallest absolute Gasteiger partial charge is 0.261 e. The lowest BCUT2D eigenvalue weighted by atomic mass is 9.74. The SMILES string of the molecule is COc1cccc(C[C@]2(C)CC3(N=C(N)N(C)C3=O)c3cc(-c4cccnc4)ccc3O2)c1. The summed E-state index contributed by atoms with van der Waals surface area (Å²) in [6, 6.07) is 17.6. The molecule has 1 unspecified atom stereocenters. The highest BCUT2D eigenvalue weighted by Gasteiger charge is 2.56. The molecular weight excluding hydrogens is 416 g/mol. The molecule has 0 radical (unpaired) electrons. The molecule has 2 aromatic carbocycles. The van der Waals surface area contributed by atoms with Gasteiger partial charge < -0.3 is 15.2 Å². The maximum Gasteiger partial charge on any atom is 0.261 e.